The third-order valence-corrected chi connectivity index (χ3v) is 3.40. The lowest BCUT2D eigenvalue weighted by Crippen LogP contribution is -2.21. The maximum atomic E-state index is 12.8. The van der Waals surface area contributed by atoms with Crippen LogP contribution in [-0.4, -0.2) is 18.5 Å². The summed E-state index contributed by atoms with van der Waals surface area (Å²) in [6, 6.07) is 11.6. The fourth-order valence-electron chi connectivity index (χ4n) is 2.36. The van der Waals surface area contributed by atoms with Crippen LogP contribution in [-0.2, 0) is 20.7 Å². The predicted molar refractivity (Wildman–Crippen MR) is 90.2 cm³/mol. The zero-order chi connectivity index (χ0) is 17.5. The van der Waals surface area contributed by atoms with E-state index in [9.17, 15) is 14.0 Å². The van der Waals surface area contributed by atoms with Gasteiger partial charge in [-0.1, -0.05) is 18.2 Å². The number of aryl methyl sites for hydroxylation is 3. The van der Waals surface area contributed by atoms with Crippen LogP contribution in [0.5, 0.6) is 0 Å². The molecule has 0 bridgehead atoms. The van der Waals surface area contributed by atoms with Gasteiger partial charge in [0.15, 0.2) is 6.61 Å². The first-order valence-electron chi connectivity index (χ1n) is 7.70. The van der Waals surface area contributed by atoms with Crippen molar-refractivity contribution in [1.82, 2.24) is 0 Å². The van der Waals surface area contributed by atoms with Crippen LogP contribution >= 0.6 is 0 Å². The summed E-state index contributed by atoms with van der Waals surface area (Å²) in [5.41, 5.74) is 3.61. The van der Waals surface area contributed by atoms with Crippen LogP contribution in [0.2, 0.25) is 0 Å². The number of hydrogen-bond donors (Lipinski definition) is 1. The van der Waals surface area contributed by atoms with Gasteiger partial charge in [0.2, 0.25) is 0 Å². The summed E-state index contributed by atoms with van der Waals surface area (Å²) in [4.78, 5) is 23.5. The van der Waals surface area contributed by atoms with Crippen LogP contribution in [0.4, 0.5) is 10.1 Å². The molecule has 2 aromatic carbocycles. The normalized spacial score (nSPS) is 10.3. The van der Waals surface area contributed by atoms with E-state index >= 15 is 0 Å². The molecule has 126 valence electrons. The van der Waals surface area contributed by atoms with Crippen LogP contribution in [0.25, 0.3) is 0 Å². The van der Waals surface area contributed by atoms with E-state index in [2.05, 4.69) is 5.32 Å². The lowest BCUT2D eigenvalue weighted by Gasteiger charge is -2.08. The largest absolute Gasteiger partial charge is 0.456 e. The lowest BCUT2D eigenvalue weighted by atomic mass is 10.1. The third-order valence-electron chi connectivity index (χ3n) is 3.40. The van der Waals surface area contributed by atoms with E-state index in [-0.39, 0.29) is 24.8 Å². The predicted octanol–water partition coefficient (Wildman–Crippen LogP) is 3.56. The van der Waals surface area contributed by atoms with Crippen LogP contribution < -0.4 is 5.32 Å². The topological polar surface area (TPSA) is 55.4 Å². The Hall–Kier alpha value is -2.69. The van der Waals surface area contributed by atoms with Gasteiger partial charge in [-0.3, -0.25) is 9.59 Å². The highest BCUT2D eigenvalue weighted by Gasteiger charge is 2.09. The highest BCUT2D eigenvalue weighted by molar-refractivity contribution is 5.92. The summed E-state index contributed by atoms with van der Waals surface area (Å²) in [5.74, 6) is -1.16. The van der Waals surface area contributed by atoms with E-state index in [1.807, 2.05) is 32.0 Å². The van der Waals surface area contributed by atoms with Crippen molar-refractivity contribution in [2.45, 2.75) is 26.7 Å². The molecule has 4 nitrogen and oxygen atoms in total. The van der Waals surface area contributed by atoms with E-state index in [1.165, 1.54) is 12.1 Å². The second-order valence-electron chi connectivity index (χ2n) is 5.71. The second kappa shape index (κ2) is 8.24. The van der Waals surface area contributed by atoms with Crippen molar-refractivity contribution in [1.29, 1.82) is 0 Å². The third kappa shape index (κ3) is 5.83. The minimum absolute atomic E-state index is 0.141. The molecule has 2 rings (SSSR count). The Kier molecular flexibility index (Phi) is 6.07. The molecule has 1 amide bonds. The van der Waals surface area contributed by atoms with E-state index in [4.69, 9.17) is 4.74 Å². The monoisotopic (exact) mass is 329 g/mol. The Morgan fingerprint density at radius 2 is 1.67 bits per heavy atom. The SMILES string of the molecule is Cc1cc(C)cc(NC(=O)COC(=O)CCc2ccc(F)cc2)c1. The first kappa shape index (κ1) is 17.7. The second-order valence-corrected chi connectivity index (χ2v) is 5.71. The summed E-state index contributed by atoms with van der Waals surface area (Å²) in [7, 11) is 0. The van der Waals surface area contributed by atoms with Crippen molar-refractivity contribution in [3.8, 4) is 0 Å². The lowest BCUT2D eigenvalue weighted by molar-refractivity contribution is -0.147. The van der Waals surface area contributed by atoms with Gasteiger partial charge in [0.05, 0.1) is 0 Å². The number of carbonyl (C=O) groups is 2. The summed E-state index contributed by atoms with van der Waals surface area (Å²) in [6.45, 7) is 3.56. The molecule has 0 atom stereocenters. The van der Waals surface area contributed by atoms with Gasteiger partial charge in [-0.2, -0.15) is 0 Å². The molecule has 0 aliphatic heterocycles. The number of amides is 1. The average molecular weight is 329 g/mol. The Morgan fingerprint density at radius 3 is 2.29 bits per heavy atom. The summed E-state index contributed by atoms with van der Waals surface area (Å²) in [6.07, 6.45) is 0.584. The zero-order valence-corrected chi connectivity index (χ0v) is 13.8. The minimum atomic E-state index is -0.463. The molecular weight excluding hydrogens is 309 g/mol. The number of hydrogen-bond acceptors (Lipinski definition) is 3. The first-order chi connectivity index (χ1) is 11.4. The molecule has 5 heteroatoms. The van der Waals surface area contributed by atoms with Crippen LogP contribution in [0, 0.1) is 19.7 Å². The van der Waals surface area contributed by atoms with Gasteiger partial charge in [-0.25, -0.2) is 4.39 Å². The van der Waals surface area contributed by atoms with Gasteiger partial charge < -0.3 is 10.1 Å². The van der Waals surface area contributed by atoms with Gasteiger partial charge in [0.25, 0.3) is 5.91 Å². The molecule has 24 heavy (non-hydrogen) atoms. The van der Waals surface area contributed by atoms with Gasteiger partial charge in [-0.05, 0) is 61.2 Å². The maximum Gasteiger partial charge on any atom is 0.306 e. The molecule has 2 aromatic rings. The maximum absolute atomic E-state index is 12.8. The van der Waals surface area contributed by atoms with E-state index in [1.54, 1.807) is 12.1 Å². The first-order valence-corrected chi connectivity index (χ1v) is 7.70. The Labute approximate surface area is 140 Å². The summed E-state index contributed by atoms with van der Waals surface area (Å²) in [5, 5.41) is 2.70. The number of rotatable bonds is 6. The number of benzene rings is 2. The smallest absolute Gasteiger partial charge is 0.306 e. The quantitative estimate of drug-likeness (QED) is 0.825. The Morgan fingerprint density at radius 1 is 1.04 bits per heavy atom. The number of ether oxygens (including phenoxy) is 1. The Bertz CT molecular complexity index is 706. The molecular formula is C19H20FNO3. The molecule has 0 aromatic heterocycles. The number of esters is 1. The molecule has 0 spiro atoms. The Balaban J connectivity index is 1.74. The van der Waals surface area contributed by atoms with Crippen molar-refractivity contribution in [3.05, 3.63) is 65.0 Å². The van der Waals surface area contributed by atoms with Crippen molar-refractivity contribution >= 4 is 17.6 Å². The average Bonchev–Trinajstić information content (AvgIpc) is 2.51. The molecule has 0 unspecified atom stereocenters. The van der Waals surface area contributed by atoms with Crippen LogP contribution in [0.15, 0.2) is 42.5 Å². The fourth-order valence-corrected chi connectivity index (χ4v) is 2.36. The molecule has 0 saturated heterocycles. The van der Waals surface area contributed by atoms with Gasteiger partial charge >= 0.3 is 5.97 Å². The van der Waals surface area contributed by atoms with E-state index in [0.29, 0.717) is 12.1 Å². The molecule has 1 N–H and O–H groups in total. The van der Waals surface area contributed by atoms with Crippen molar-refractivity contribution in [2.24, 2.45) is 0 Å². The standard InChI is InChI=1S/C19H20FNO3/c1-13-9-14(2)11-17(10-13)21-18(22)12-24-19(23)8-5-15-3-6-16(20)7-4-15/h3-4,6-7,9-11H,5,8,12H2,1-2H3,(H,21,22). The van der Waals surface area contributed by atoms with Crippen molar-refractivity contribution < 1.29 is 18.7 Å². The molecule has 0 radical (unpaired) electrons. The molecule has 0 aliphatic carbocycles. The molecule has 0 heterocycles. The van der Waals surface area contributed by atoms with E-state index < -0.39 is 5.97 Å². The zero-order valence-electron chi connectivity index (χ0n) is 13.8. The summed E-state index contributed by atoms with van der Waals surface area (Å²) >= 11 is 0. The number of halogens is 1. The van der Waals surface area contributed by atoms with Crippen LogP contribution in [0.3, 0.4) is 0 Å². The van der Waals surface area contributed by atoms with Crippen molar-refractivity contribution in [2.75, 3.05) is 11.9 Å². The molecule has 0 aliphatic rings. The van der Waals surface area contributed by atoms with Crippen molar-refractivity contribution in [3.63, 3.8) is 0 Å². The highest BCUT2D eigenvalue weighted by atomic mass is 19.1. The molecule has 0 fully saturated rings. The van der Waals surface area contributed by atoms with Gasteiger partial charge in [-0.15, -0.1) is 0 Å². The van der Waals surface area contributed by atoms with E-state index in [0.717, 1.165) is 16.7 Å². The fraction of sp³-hybridized carbons (Fsp3) is 0.263. The molecule has 0 saturated carbocycles. The van der Waals surface area contributed by atoms with Gasteiger partial charge in [0, 0.05) is 12.1 Å². The van der Waals surface area contributed by atoms with Crippen LogP contribution in [0.1, 0.15) is 23.1 Å². The summed E-state index contributed by atoms with van der Waals surface area (Å²) < 4.78 is 17.7. The number of nitrogens with one attached hydrogen (secondary N) is 1. The highest BCUT2D eigenvalue weighted by Crippen LogP contribution is 2.13. The minimum Gasteiger partial charge on any atom is -0.456 e. The number of anilines is 1. The van der Waals surface area contributed by atoms with Gasteiger partial charge in [0.1, 0.15) is 5.82 Å². The number of carbonyl (C=O) groups excluding carboxylic acids is 2.